The lowest BCUT2D eigenvalue weighted by Gasteiger charge is -2.28. The highest BCUT2D eigenvalue weighted by Crippen LogP contribution is 2.43. The van der Waals surface area contributed by atoms with Crippen LogP contribution in [-0.4, -0.2) is 15.8 Å². The number of aromatic nitrogens is 2. The Bertz CT molecular complexity index is 1010. The second kappa shape index (κ2) is 6.50. The smallest absolute Gasteiger partial charge is 0.167 e. The van der Waals surface area contributed by atoms with Gasteiger partial charge in [-0.2, -0.15) is 0 Å². The van der Waals surface area contributed by atoms with Crippen LogP contribution in [0, 0.1) is 11.2 Å². The van der Waals surface area contributed by atoms with Crippen molar-refractivity contribution in [2.75, 3.05) is 5.32 Å². The molecule has 2 aromatic heterocycles. The minimum absolute atomic E-state index is 0.0720. The van der Waals surface area contributed by atoms with Crippen LogP contribution in [0.5, 0.6) is 0 Å². The molecule has 2 N–H and O–H groups in total. The van der Waals surface area contributed by atoms with E-state index in [0.29, 0.717) is 28.4 Å². The summed E-state index contributed by atoms with van der Waals surface area (Å²) in [5.41, 5.74) is 4.26. The van der Waals surface area contributed by atoms with Gasteiger partial charge in [-0.25, -0.2) is 4.39 Å². The molecule has 0 saturated heterocycles. The lowest BCUT2D eigenvalue weighted by molar-refractivity contribution is 0.0912. The third-order valence-electron chi connectivity index (χ3n) is 4.75. The summed E-state index contributed by atoms with van der Waals surface area (Å²) >= 11 is 5.99. The predicted octanol–water partition coefficient (Wildman–Crippen LogP) is 5.77. The summed E-state index contributed by atoms with van der Waals surface area (Å²) < 4.78 is 13.8. The number of carbonyl (C=O) groups is 1. The van der Waals surface area contributed by atoms with Crippen LogP contribution >= 0.6 is 11.6 Å². The van der Waals surface area contributed by atoms with Gasteiger partial charge in [0.25, 0.3) is 0 Å². The number of aromatic amines is 1. The number of rotatable bonds is 3. The Morgan fingerprint density at radius 1 is 1.19 bits per heavy atom. The maximum absolute atomic E-state index is 13.8. The Morgan fingerprint density at radius 3 is 2.63 bits per heavy atom. The number of hydrogen-bond donors (Lipinski definition) is 2. The summed E-state index contributed by atoms with van der Waals surface area (Å²) in [5, 5.41) is 3.51. The fourth-order valence-corrected chi connectivity index (χ4v) is 3.91. The second-order valence-electron chi connectivity index (χ2n) is 7.69. The molecule has 3 aromatic rings. The standard InChI is InChI=1S/C21H19ClFN3O/c1-21(2)10-16-18(17(27)11-21)20(19(26-16)12-3-5-24-6-4-12)25-15-8-13(22)7-14(23)9-15/h3-9,25-26H,10-11H2,1-2H3. The molecule has 0 unspecified atom stereocenters. The summed E-state index contributed by atoms with van der Waals surface area (Å²) in [5.74, 6) is -0.366. The molecular formula is C21H19ClFN3O. The molecule has 4 nitrogen and oxygen atoms in total. The average molecular weight is 384 g/mol. The van der Waals surface area contributed by atoms with Gasteiger partial charge in [0, 0.05) is 40.8 Å². The number of fused-ring (bicyclic) bond motifs is 1. The number of H-pyrrole nitrogens is 1. The van der Waals surface area contributed by atoms with Crippen LogP contribution in [0.4, 0.5) is 15.8 Å². The predicted molar refractivity (Wildman–Crippen MR) is 105 cm³/mol. The van der Waals surface area contributed by atoms with E-state index in [9.17, 15) is 9.18 Å². The molecule has 138 valence electrons. The van der Waals surface area contributed by atoms with Gasteiger partial charge in [0.2, 0.25) is 0 Å². The van der Waals surface area contributed by atoms with Gasteiger partial charge in [-0.3, -0.25) is 9.78 Å². The second-order valence-corrected chi connectivity index (χ2v) is 8.12. The number of benzene rings is 1. The Kier molecular flexibility index (Phi) is 4.27. The van der Waals surface area contributed by atoms with Crippen molar-refractivity contribution >= 4 is 28.8 Å². The minimum atomic E-state index is -0.438. The van der Waals surface area contributed by atoms with Gasteiger partial charge in [-0.1, -0.05) is 25.4 Å². The van der Waals surface area contributed by atoms with Crippen LogP contribution in [0.1, 0.15) is 36.3 Å². The van der Waals surface area contributed by atoms with Crippen LogP contribution in [0.2, 0.25) is 5.02 Å². The molecule has 1 aromatic carbocycles. The van der Waals surface area contributed by atoms with E-state index in [0.717, 1.165) is 23.4 Å². The first-order valence-electron chi connectivity index (χ1n) is 8.74. The SMILES string of the molecule is CC1(C)CC(=O)c2c([nH]c(-c3ccncc3)c2Nc2cc(F)cc(Cl)c2)C1. The molecule has 1 aliphatic carbocycles. The van der Waals surface area contributed by atoms with E-state index >= 15 is 0 Å². The first-order chi connectivity index (χ1) is 12.8. The van der Waals surface area contributed by atoms with Crippen molar-refractivity contribution in [2.45, 2.75) is 26.7 Å². The Morgan fingerprint density at radius 2 is 1.93 bits per heavy atom. The molecule has 0 aliphatic heterocycles. The first kappa shape index (κ1) is 17.7. The number of carbonyl (C=O) groups excluding carboxylic acids is 1. The number of nitrogens with one attached hydrogen (secondary N) is 2. The van der Waals surface area contributed by atoms with Crippen molar-refractivity contribution in [1.82, 2.24) is 9.97 Å². The third kappa shape index (κ3) is 3.47. The summed E-state index contributed by atoms with van der Waals surface area (Å²) in [6.45, 7) is 4.17. The third-order valence-corrected chi connectivity index (χ3v) is 4.97. The number of ketones is 1. The molecule has 0 atom stereocenters. The van der Waals surface area contributed by atoms with Crippen molar-refractivity contribution in [3.05, 3.63) is 64.8 Å². The maximum Gasteiger partial charge on any atom is 0.167 e. The lowest BCUT2D eigenvalue weighted by atomic mass is 9.76. The fourth-order valence-electron chi connectivity index (χ4n) is 3.69. The van der Waals surface area contributed by atoms with Crippen LogP contribution in [0.15, 0.2) is 42.7 Å². The number of anilines is 2. The van der Waals surface area contributed by atoms with E-state index in [1.54, 1.807) is 18.5 Å². The van der Waals surface area contributed by atoms with Crippen LogP contribution in [-0.2, 0) is 6.42 Å². The van der Waals surface area contributed by atoms with Gasteiger partial charge < -0.3 is 10.3 Å². The molecule has 4 rings (SSSR count). The van der Waals surface area contributed by atoms with Crippen LogP contribution < -0.4 is 5.32 Å². The topological polar surface area (TPSA) is 57.8 Å². The molecule has 0 saturated carbocycles. The molecular weight excluding hydrogens is 365 g/mol. The zero-order valence-corrected chi connectivity index (χ0v) is 15.8. The van der Waals surface area contributed by atoms with Crippen LogP contribution in [0.3, 0.4) is 0 Å². The number of halogens is 2. The van der Waals surface area contributed by atoms with Crippen molar-refractivity contribution in [1.29, 1.82) is 0 Å². The molecule has 2 heterocycles. The zero-order valence-electron chi connectivity index (χ0n) is 15.1. The summed E-state index contributed by atoms with van der Waals surface area (Å²) in [6, 6.07) is 7.99. The molecule has 0 bridgehead atoms. The van der Waals surface area contributed by atoms with Gasteiger partial charge in [0.15, 0.2) is 5.78 Å². The number of pyridine rings is 1. The molecule has 0 amide bonds. The van der Waals surface area contributed by atoms with Crippen molar-refractivity contribution in [3.8, 4) is 11.3 Å². The number of Topliss-reactive ketones (excluding diaryl/α,β-unsaturated/α-hetero) is 1. The number of nitrogens with zero attached hydrogens (tertiary/aromatic N) is 1. The van der Waals surface area contributed by atoms with Gasteiger partial charge in [0.05, 0.1) is 16.9 Å². The normalized spacial score (nSPS) is 15.5. The number of hydrogen-bond acceptors (Lipinski definition) is 3. The fraction of sp³-hybridized carbons (Fsp3) is 0.238. The highest BCUT2D eigenvalue weighted by atomic mass is 35.5. The van der Waals surface area contributed by atoms with E-state index in [4.69, 9.17) is 11.6 Å². The van der Waals surface area contributed by atoms with Crippen molar-refractivity contribution < 1.29 is 9.18 Å². The monoisotopic (exact) mass is 383 g/mol. The lowest BCUT2D eigenvalue weighted by Crippen LogP contribution is -2.26. The van der Waals surface area contributed by atoms with Gasteiger partial charge in [0.1, 0.15) is 5.82 Å². The minimum Gasteiger partial charge on any atom is -0.356 e. The Balaban J connectivity index is 1.88. The van der Waals surface area contributed by atoms with E-state index in [2.05, 4.69) is 29.1 Å². The van der Waals surface area contributed by atoms with E-state index < -0.39 is 5.82 Å². The highest BCUT2D eigenvalue weighted by molar-refractivity contribution is 6.30. The van der Waals surface area contributed by atoms with Gasteiger partial charge >= 0.3 is 0 Å². The molecule has 27 heavy (non-hydrogen) atoms. The first-order valence-corrected chi connectivity index (χ1v) is 9.12. The zero-order chi connectivity index (χ0) is 19.2. The molecule has 1 aliphatic rings. The molecule has 0 radical (unpaired) electrons. The Hall–Kier alpha value is -2.66. The van der Waals surface area contributed by atoms with Crippen molar-refractivity contribution in [2.24, 2.45) is 5.41 Å². The van der Waals surface area contributed by atoms with E-state index in [1.807, 2.05) is 12.1 Å². The van der Waals surface area contributed by atoms with E-state index in [1.165, 1.54) is 12.1 Å². The summed E-state index contributed by atoms with van der Waals surface area (Å²) in [6.07, 6.45) is 4.62. The Labute approximate surface area is 161 Å². The van der Waals surface area contributed by atoms with Crippen molar-refractivity contribution in [3.63, 3.8) is 0 Å². The van der Waals surface area contributed by atoms with Gasteiger partial charge in [-0.15, -0.1) is 0 Å². The highest BCUT2D eigenvalue weighted by Gasteiger charge is 2.35. The maximum atomic E-state index is 13.8. The average Bonchev–Trinajstić information content (AvgIpc) is 2.91. The summed E-state index contributed by atoms with van der Waals surface area (Å²) in [4.78, 5) is 20.4. The quantitative estimate of drug-likeness (QED) is 0.603. The van der Waals surface area contributed by atoms with Gasteiger partial charge in [-0.05, 0) is 42.2 Å². The molecule has 0 fully saturated rings. The summed E-state index contributed by atoms with van der Waals surface area (Å²) in [7, 11) is 0. The molecule has 6 heteroatoms. The molecule has 0 spiro atoms. The van der Waals surface area contributed by atoms with E-state index in [-0.39, 0.29) is 11.2 Å². The van der Waals surface area contributed by atoms with Crippen LogP contribution in [0.25, 0.3) is 11.3 Å². The largest absolute Gasteiger partial charge is 0.356 e.